The fourth-order valence-corrected chi connectivity index (χ4v) is 3.35. The van der Waals surface area contributed by atoms with E-state index in [1.807, 2.05) is 0 Å². The van der Waals surface area contributed by atoms with Gasteiger partial charge in [-0.15, -0.1) is 0 Å². The Morgan fingerprint density at radius 2 is 1.45 bits per heavy atom. The molecule has 2 aromatic rings. The normalized spacial score (nSPS) is 13.3. The van der Waals surface area contributed by atoms with Crippen LogP contribution in [0.4, 0.5) is 26.3 Å². The lowest BCUT2D eigenvalue weighted by atomic mass is 10.1. The highest BCUT2D eigenvalue weighted by Gasteiger charge is 2.84. The molecule has 2 aromatic carbocycles. The summed E-state index contributed by atoms with van der Waals surface area (Å²) in [5.41, 5.74) is 0. The maximum Gasteiger partial charge on any atom is 0.430 e. The van der Waals surface area contributed by atoms with Crippen molar-refractivity contribution in [2.24, 2.45) is 0 Å². The van der Waals surface area contributed by atoms with E-state index in [2.05, 4.69) is 4.74 Å². The van der Waals surface area contributed by atoms with Crippen LogP contribution in [0.15, 0.2) is 42.5 Å². The average molecular weight is 446 g/mol. The van der Waals surface area contributed by atoms with E-state index < -0.39 is 46.4 Å². The second kappa shape index (κ2) is 7.71. The number of halogens is 6. The molecule has 0 unspecified atom stereocenters. The molecule has 0 amide bonds. The lowest BCUT2D eigenvalue weighted by Gasteiger charge is -2.31. The summed E-state index contributed by atoms with van der Waals surface area (Å²) in [6, 6.07) is 11.5. The van der Waals surface area contributed by atoms with Crippen LogP contribution >= 0.6 is 0 Å². The average Bonchev–Trinajstić information content (AvgIpc) is 2.55. The molecule has 0 spiro atoms. The maximum absolute atomic E-state index is 13.0. The van der Waals surface area contributed by atoms with Crippen molar-refractivity contribution in [3.63, 3.8) is 0 Å². The van der Waals surface area contributed by atoms with Crippen molar-refractivity contribution in [3.8, 4) is 5.75 Å². The molecule has 0 aliphatic rings. The number of alkyl halides is 6. The van der Waals surface area contributed by atoms with Gasteiger partial charge in [-0.1, -0.05) is 36.4 Å². The third-order valence-electron chi connectivity index (χ3n) is 3.80. The van der Waals surface area contributed by atoms with Gasteiger partial charge in [0.05, 0.1) is 0 Å². The van der Waals surface area contributed by atoms with Crippen LogP contribution in [0.3, 0.4) is 0 Å². The van der Waals surface area contributed by atoms with Gasteiger partial charge in [-0.25, -0.2) is 4.79 Å². The van der Waals surface area contributed by atoms with Gasteiger partial charge in [0, 0.05) is 5.39 Å². The van der Waals surface area contributed by atoms with Crippen LogP contribution in [0.2, 0.25) is 0 Å². The first-order valence-corrected chi connectivity index (χ1v) is 9.06. The van der Waals surface area contributed by atoms with Crippen molar-refractivity contribution in [2.75, 3.05) is 13.2 Å². The maximum atomic E-state index is 13.0. The van der Waals surface area contributed by atoms with Gasteiger partial charge in [0.1, 0.15) is 19.0 Å². The minimum Gasteiger partial charge on any atom is -0.489 e. The second-order valence-corrected chi connectivity index (χ2v) is 7.18. The van der Waals surface area contributed by atoms with Crippen LogP contribution in [0.1, 0.15) is 0 Å². The quantitative estimate of drug-likeness (QED) is 0.316. The van der Waals surface area contributed by atoms with E-state index in [4.69, 9.17) is 9.29 Å². The number of carbonyl (C=O) groups is 1. The second-order valence-electron chi connectivity index (χ2n) is 5.61. The van der Waals surface area contributed by atoms with E-state index in [9.17, 15) is 39.6 Å². The molecule has 0 bridgehead atoms. The molecule has 0 heterocycles. The monoisotopic (exact) mass is 446 g/mol. The fraction of sp³-hybridized carbons (Fsp3) is 0.312. The first-order chi connectivity index (χ1) is 13.2. The highest BCUT2D eigenvalue weighted by molar-refractivity contribution is 7.88. The molecule has 0 fully saturated rings. The molecular formula is C16H12F6O6S. The lowest BCUT2D eigenvalue weighted by Crippen LogP contribution is -2.67. The zero-order valence-electron chi connectivity index (χ0n) is 14.1. The number of carbonyl (C=O) groups excluding carboxylic acids is 1. The van der Waals surface area contributed by atoms with E-state index in [0.29, 0.717) is 5.39 Å². The smallest absolute Gasteiger partial charge is 0.430 e. The van der Waals surface area contributed by atoms with E-state index in [-0.39, 0.29) is 5.75 Å². The summed E-state index contributed by atoms with van der Waals surface area (Å²) in [5, 5.41) is 1.29. The van der Waals surface area contributed by atoms with Gasteiger partial charge in [0.25, 0.3) is 0 Å². The number of hydrogen-bond donors (Lipinski definition) is 1. The first-order valence-electron chi connectivity index (χ1n) is 7.62. The summed E-state index contributed by atoms with van der Waals surface area (Å²) < 4.78 is 111. The molecular weight excluding hydrogens is 434 g/mol. The Morgan fingerprint density at radius 1 is 0.897 bits per heavy atom. The number of fused-ring (bicyclic) bond motifs is 1. The van der Waals surface area contributed by atoms with Crippen LogP contribution in [0.5, 0.6) is 5.75 Å². The summed E-state index contributed by atoms with van der Waals surface area (Å²) in [7, 11) is -7.02. The van der Waals surface area contributed by atoms with Gasteiger partial charge in [-0.3, -0.25) is 4.55 Å². The summed E-state index contributed by atoms with van der Waals surface area (Å²) in [5.74, 6) is -3.03. The summed E-state index contributed by atoms with van der Waals surface area (Å²) in [4.78, 5) is 11.6. The third kappa shape index (κ3) is 4.10. The van der Waals surface area contributed by atoms with Gasteiger partial charge >= 0.3 is 33.2 Å². The van der Waals surface area contributed by atoms with Crippen LogP contribution in [-0.2, 0) is 19.6 Å². The van der Waals surface area contributed by atoms with E-state index in [0.717, 1.165) is 5.39 Å². The Morgan fingerprint density at radius 3 is 2.00 bits per heavy atom. The Hall–Kier alpha value is -2.54. The lowest BCUT2D eigenvalue weighted by molar-refractivity contribution is -0.268. The molecule has 0 atom stereocenters. The highest BCUT2D eigenvalue weighted by atomic mass is 32.2. The summed E-state index contributed by atoms with van der Waals surface area (Å²) in [6.45, 7) is -1.83. The van der Waals surface area contributed by atoms with E-state index >= 15 is 0 Å². The van der Waals surface area contributed by atoms with Gasteiger partial charge in [0.2, 0.25) is 0 Å². The molecule has 0 aromatic heterocycles. The van der Waals surface area contributed by atoms with Crippen molar-refractivity contribution < 1.29 is 53.6 Å². The van der Waals surface area contributed by atoms with Crippen molar-refractivity contribution in [1.82, 2.24) is 0 Å². The molecule has 0 saturated heterocycles. The van der Waals surface area contributed by atoms with Crippen molar-refractivity contribution in [2.45, 2.75) is 17.1 Å². The zero-order valence-corrected chi connectivity index (χ0v) is 14.9. The predicted octanol–water partition coefficient (Wildman–Crippen LogP) is 3.51. The Labute approximate surface area is 159 Å². The van der Waals surface area contributed by atoms with E-state index in [1.165, 1.54) is 6.07 Å². The standard InChI is InChI=1S/C16H12F6O6S/c17-15(18,19)14(16(20,21)22,29(24,25)26)13(23)28-9-8-27-12-7-3-5-10-4-1-2-6-11(10)12/h1-7H,8-9H2,(H,24,25,26). The first kappa shape index (κ1) is 22.7. The van der Waals surface area contributed by atoms with E-state index in [1.54, 1.807) is 36.4 Å². The zero-order chi connectivity index (χ0) is 22.1. The third-order valence-corrected chi connectivity index (χ3v) is 5.20. The molecule has 6 nitrogen and oxygen atoms in total. The Kier molecular flexibility index (Phi) is 6.04. The van der Waals surface area contributed by atoms with Gasteiger partial charge in [0.15, 0.2) is 0 Å². The van der Waals surface area contributed by atoms with Gasteiger partial charge in [-0.05, 0) is 11.5 Å². The van der Waals surface area contributed by atoms with Crippen LogP contribution in [0, 0.1) is 0 Å². The van der Waals surface area contributed by atoms with Crippen molar-refractivity contribution in [1.29, 1.82) is 0 Å². The van der Waals surface area contributed by atoms with Crippen LogP contribution in [0.25, 0.3) is 10.8 Å². The summed E-state index contributed by atoms with van der Waals surface area (Å²) >= 11 is 0. The minimum absolute atomic E-state index is 0.201. The molecule has 0 radical (unpaired) electrons. The number of esters is 1. The largest absolute Gasteiger partial charge is 0.489 e. The van der Waals surface area contributed by atoms with Crippen LogP contribution in [-0.4, -0.2) is 49.3 Å². The number of benzene rings is 2. The number of hydrogen-bond acceptors (Lipinski definition) is 5. The molecule has 13 heteroatoms. The molecule has 0 aliphatic carbocycles. The minimum atomic E-state index is -7.02. The SMILES string of the molecule is O=C(OCCOc1cccc2ccccc12)C(C(F)(F)F)(C(F)(F)F)S(=O)(=O)O. The predicted molar refractivity (Wildman–Crippen MR) is 86.8 cm³/mol. The van der Waals surface area contributed by atoms with Crippen molar-refractivity contribution >= 4 is 26.9 Å². The van der Waals surface area contributed by atoms with Gasteiger partial charge < -0.3 is 9.47 Å². The molecule has 0 aliphatic heterocycles. The van der Waals surface area contributed by atoms with Crippen molar-refractivity contribution in [3.05, 3.63) is 42.5 Å². The summed E-state index contributed by atoms with van der Waals surface area (Å²) in [6.07, 6.45) is -13.5. The Balaban J connectivity index is 2.19. The molecule has 1 N–H and O–H groups in total. The van der Waals surface area contributed by atoms with Gasteiger partial charge in [-0.2, -0.15) is 34.8 Å². The molecule has 2 rings (SSSR count). The molecule has 29 heavy (non-hydrogen) atoms. The highest BCUT2D eigenvalue weighted by Crippen LogP contribution is 2.49. The number of ether oxygens (including phenoxy) is 2. The van der Waals surface area contributed by atoms with Crippen LogP contribution < -0.4 is 4.74 Å². The fourth-order valence-electron chi connectivity index (χ4n) is 2.50. The molecule has 160 valence electrons. The molecule has 0 saturated carbocycles. The Bertz CT molecular complexity index is 980. The topological polar surface area (TPSA) is 89.9 Å². The number of rotatable bonds is 6.